The second-order valence-corrected chi connectivity index (χ2v) is 4.18. The van der Waals surface area contributed by atoms with Crippen LogP contribution in [0, 0.1) is 10.1 Å². The Bertz CT molecular complexity index is 442. The molecule has 18 heavy (non-hydrogen) atoms. The van der Waals surface area contributed by atoms with E-state index >= 15 is 0 Å². The van der Waals surface area contributed by atoms with Gasteiger partial charge >= 0.3 is 5.82 Å². The van der Waals surface area contributed by atoms with Gasteiger partial charge in [0.2, 0.25) is 5.91 Å². The van der Waals surface area contributed by atoms with Crippen molar-refractivity contribution in [3.63, 3.8) is 0 Å². The van der Waals surface area contributed by atoms with E-state index in [1.807, 2.05) is 0 Å². The first-order valence-corrected chi connectivity index (χ1v) is 5.79. The van der Waals surface area contributed by atoms with Gasteiger partial charge in [0.15, 0.2) is 6.20 Å². The van der Waals surface area contributed by atoms with Crippen molar-refractivity contribution in [3.8, 4) is 0 Å². The molecule has 0 aliphatic heterocycles. The molecule has 1 heterocycles. The second kappa shape index (κ2) is 5.44. The zero-order valence-corrected chi connectivity index (χ0v) is 9.76. The first kappa shape index (κ1) is 12.3. The van der Waals surface area contributed by atoms with Gasteiger partial charge in [-0.25, -0.2) is 0 Å². The summed E-state index contributed by atoms with van der Waals surface area (Å²) in [4.78, 5) is 24.9. The van der Waals surface area contributed by atoms with E-state index in [2.05, 4.69) is 15.6 Å². The molecule has 1 aliphatic carbocycles. The van der Waals surface area contributed by atoms with Crippen molar-refractivity contribution in [3.05, 3.63) is 28.4 Å². The Morgan fingerprint density at radius 1 is 1.50 bits per heavy atom. The van der Waals surface area contributed by atoms with Crippen molar-refractivity contribution < 1.29 is 9.72 Å². The van der Waals surface area contributed by atoms with E-state index < -0.39 is 4.92 Å². The number of anilines is 1. The second-order valence-electron chi connectivity index (χ2n) is 4.18. The highest BCUT2D eigenvalue weighted by Crippen LogP contribution is 2.18. The molecule has 1 aromatic rings. The highest BCUT2D eigenvalue weighted by molar-refractivity contribution is 5.77. The Kier molecular flexibility index (Phi) is 3.71. The average Bonchev–Trinajstić information content (AvgIpc) is 3.13. The summed E-state index contributed by atoms with van der Waals surface area (Å²) < 4.78 is 0. The van der Waals surface area contributed by atoms with Gasteiger partial charge in [-0.3, -0.25) is 4.79 Å². The number of aromatic nitrogens is 1. The zero-order valence-electron chi connectivity index (χ0n) is 9.76. The highest BCUT2D eigenvalue weighted by Gasteiger charge is 2.22. The number of nitrogens with one attached hydrogen (secondary N) is 2. The van der Waals surface area contributed by atoms with Crippen molar-refractivity contribution in [2.45, 2.75) is 25.3 Å². The van der Waals surface area contributed by atoms with Crippen LogP contribution in [-0.2, 0) is 4.79 Å². The van der Waals surface area contributed by atoms with E-state index in [1.54, 1.807) is 6.07 Å². The standard InChI is InChI=1S/C11H14N4O3/c16-11(14-8-1-2-8)5-6-12-9-3-4-10(13-7-9)15(17)18/h3-4,7-8,12H,1-2,5-6H2,(H,14,16). The quantitative estimate of drug-likeness (QED) is 0.581. The van der Waals surface area contributed by atoms with Crippen LogP contribution in [0.1, 0.15) is 19.3 Å². The number of carbonyl (C=O) groups is 1. The van der Waals surface area contributed by atoms with E-state index in [0.29, 0.717) is 24.7 Å². The predicted molar refractivity (Wildman–Crippen MR) is 65.2 cm³/mol. The molecule has 0 atom stereocenters. The van der Waals surface area contributed by atoms with Gasteiger partial charge in [0, 0.05) is 25.1 Å². The Morgan fingerprint density at radius 3 is 2.83 bits per heavy atom. The van der Waals surface area contributed by atoms with Gasteiger partial charge in [-0.05, 0) is 28.8 Å². The molecule has 2 N–H and O–H groups in total. The Morgan fingerprint density at radius 2 is 2.28 bits per heavy atom. The summed E-state index contributed by atoms with van der Waals surface area (Å²) in [5.74, 6) is -0.160. The predicted octanol–water partition coefficient (Wildman–Crippen LogP) is 1.07. The third-order valence-corrected chi connectivity index (χ3v) is 2.56. The minimum absolute atomic E-state index is 0.0277. The van der Waals surface area contributed by atoms with Crippen LogP contribution in [0.5, 0.6) is 0 Å². The number of hydrogen-bond acceptors (Lipinski definition) is 5. The Balaban J connectivity index is 1.72. The molecule has 1 aliphatic rings. The van der Waals surface area contributed by atoms with Crippen LogP contribution in [0.2, 0.25) is 0 Å². The Labute approximate surface area is 104 Å². The maximum atomic E-state index is 11.4. The lowest BCUT2D eigenvalue weighted by Gasteiger charge is -2.05. The molecule has 7 nitrogen and oxygen atoms in total. The van der Waals surface area contributed by atoms with Crippen LogP contribution >= 0.6 is 0 Å². The molecule has 0 saturated heterocycles. The summed E-state index contributed by atoms with van der Waals surface area (Å²) in [6.07, 6.45) is 3.92. The molecule has 0 radical (unpaired) electrons. The number of amides is 1. The van der Waals surface area contributed by atoms with Gasteiger partial charge in [0.05, 0.1) is 5.69 Å². The first-order valence-electron chi connectivity index (χ1n) is 5.79. The topological polar surface area (TPSA) is 97.2 Å². The molecular formula is C11H14N4O3. The molecule has 0 spiro atoms. The lowest BCUT2D eigenvalue weighted by atomic mass is 10.3. The molecule has 2 rings (SSSR count). The summed E-state index contributed by atoms with van der Waals surface area (Å²) in [6.45, 7) is 0.484. The smallest absolute Gasteiger partial charge is 0.363 e. The molecule has 96 valence electrons. The van der Waals surface area contributed by atoms with Crippen LogP contribution < -0.4 is 10.6 Å². The largest absolute Gasteiger partial charge is 0.381 e. The van der Waals surface area contributed by atoms with Gasteiger partial charge in [-0.1, -0.05) is 0 Å². The summed E-state index contributed by atoms with van der Waals surface area (Å²) in [7, 11) is 0. The number of carbonyl (C=O) groups excluding carboxylic acids is 1. The van der Waals surface area contributed by atoms with E-state index in [4.69, 9.17) is 0 Å². The Hall–Kier alpha value is -2.18. The minimum atomic E-state index is -0.549. The van der Waals surface area contributed by atoms with Crippen molar-refractivity contribution in [1.29, 1.82) is 0 Å². The van der Waals surface area contributed by atoms with Crippen molar-refractivity contribution in [2.24, 2.45) is 0 Å². The monoisotopic (exact) mass is 250 g/mol. The van der Waals surface area contributed by atoms with Crippen molar-refractivity contribution in [2.75, 3.05) is 11.9 Å². The molecule has 7 heteroatoms. The maximum Gasteiger partial charge on any atom is 0.363 e. The molecule has 1 aromatic heterocycles. The van der Waals surface area contributed by atoms with Gasteiger partial charge in [0.1, 0.15) is 0 Å². The average molecular weight is 250 g/mol. The molecule has 0 bridgehead atoms. The summed E-state index contributed by atoms with van der Waals surface area (Å²) in [5, 5.41) is 16.3. The van der Waals surface area contributed by atoms with Gasteiger partial charge in [-0.2, -0.15) is 0 Å². The molecular weight excluding hydrogens is 236 g/mol. The van der Waals surface area contributed by atoms with Crippen LogP contribution in [0.25, 0.3) is 0 Å². The fourth-order valence-electron chi connectivity index (χ4n) is 1.45. The van der Waals surface area contributed by atoms with Gasteiger partial charge in [0.25, 0.3) is 0 Å². The molecule has 0 unspecified atom stereocenters. The van der Waals surface area contributed by atoms with Gasteiger partial charge in [-0.15, -0.1) is 0 Å². The zero-order chi connectivity index (χ0) is 13.0. The number of nitrogens with zero attached hydrogens (tertiary/aromatic N) is 2. The third-order valence-electron chi connectivity index (χ3n) is 2.56. The van der Waals surface area contributed by atoms with Crippen LogP contribution in [0.3, 0.4) is 0 Å². The van der Waals surface area contributed by atoms with Crippen LogP contribution in [0.15, 0.2) is 18.3 Å². The summed E-state index contributed by atoms with van der Waals surface area (Å²) in [6, 6.07) is 3.27. The molecule has 0 aromatic carbocycles. The summed E-state index contributed by atoms with van der Waals surface area (Å²) >= 11 is 0. The highest BCUT2D eigenvalue weighted by atomic mass is 16.6. The third kappa shape index (κ3) is 3.69. The van der Waals surface area contributed by atoms with E-state index in [9.17, 15) is 14.9 Å². The lowest BCUT2D eigenvalue weighted by Crippen LogP contribution is -2.27. The SMILES string of the molecule is O=C(CCNc1ccc([N+](=O)[O-])nc1)NC1CC1. The van der Waals surface area contributed by atoms with Gasteiger partial charge < -0.3 is 20.7 Å². The van der Waals surface area contributed by atoms with E-state index in [1.165, 1.54) is 12.3 Å². The lowest BCUT2D eigenvalue weighted by molar-refractivity contribution is -0.389. The first-order chi connectivity index (χ1) is 8.65. The fourth-order valence-corrected chi connectivity index (χ4v) is 1.45. The fraction of sp³-hybridized carbons (Fsp3) is 0.455. The molecule has 1 fully saturated rings. The minimum Gasteiger partial charge on any atom is -0.381 e. The number of pyridine rings is 1. The normalized spacial score (nSPS) is 14.0. The van der Waals surface area contributed by atoms with Crippen molar-refractivity contribution in [1.82, 2.24) is 10.3 Å². The number of hydrogen-bond donors (Lipinski definition) is 2. The number of nitro groups is 1. The molecule has 1 saturated carbocycles. The van der Waals surface area contributed by atoms with E-state index in [0.717, 1.165) is 12.8 Å². The van der Waals surface area contributed by atoms with Crippen molar-refractivity contribution >= 4 is 17.4 Å². The van der Waals surface area contributed by atoms with Crippen LogP contribution in [0.4, 0.5) is 11.5 Å². The van der Waals surface area contributed by atoms with Crippen LogP contribution in [-0.4, -0.2) is 28.4 Å². The number of rotatable bonds is 6. The maximum absolute atomic E-state index is 11.4. The molecule has 1 amide bonds. The van der Waals surface area contributed by atoms with E-state index in [-0.39, 0.29) is 11.7 Å². The summed E-state index contributed by atoms with van der Waals surface area (Å²) in [5.41, 5.74) is 0.667.